The molecule has 24 heavy (non-hydrogen) atoms. The number of nitrogens with one attached hydrogen (secondary N) is 1. The van der Waals surface area contributed by atoms with Crippen LogP contribution in [0.2, 0.25) is 0 Å². The molecular weight excluding hydrogens is 304 g/mol. The van der Waals surface area contributed by atoms with Crippen LogP contribution in [0, 0.1) is 0 Å². The van der Waals surface area contributed by atoms with E-state index in [2.05, 4.69) is 15.3 Å². The van der Waals surface area contributed by atoms with E-state index < -0.39 is 0 Å². The van der Waals surface area contributed by atoms with Crippen molar-refractivity contribution in [1.82, 2.24) is 20.0 Å². The predicted molar refractivity (Wildman–Crippen MR) is 90.4 cm³/mol. The van der Waals surface area contributed by atoms with Gasteiger partial charge in [0.05, 0.1) is 18.0 Å². The maximum atomic E-state index is 12.1. The summed E-state index contributed by atoms with van der Waals surface area (Å²) < 4.78 is 7.44. The summed E-state index contributed by atoms with van der Waals surface area (Å²) in [5.41, 5.74) is 2.87. The molecule has 0 radical (unpaired) electrons. The molecule has 3 heterocycles. The summed E-state index contributed by atoms with van der Waals surface area (Å²) >= 11 is 0. The van der Waals surface area contributed by atoms with Crippen LogP contribution in [0.1, 0.15) is 15.9 Å². The van der Waals surface area contributed by atoms with Gasteiger partial charge in [0.2, 0.25) is 0 Å². The summed E-state index contributed by atoms with van der Waals surface area (Å²) in [6.07, 6.45) is 8.12. The van der Waals surface area contributed by atoms with Crippen LogP contribution in [0.5, 0.6) is 0 Å². The van der Waals surface area contributed by atoms with Crippen LogP contribution < -0.4 is 0 Å². The Hall–Kier alpha value is -3.41. The number of H-pyrrole nitrogens is 1. The Morgan fingerprint density at radius 2 is 2.17 bits per heavy atom. The molecule has 0 aliphatic carbocycles. The number of hydrogen-bond acceptors (Lipinski definition) is 4. The molecule has 0 unspecified atom stereocenters. The summed E-state index contributed by atoms with van der Waals surface area (Å²) in [7, 11) is 1.77. The van der Waals surface area contributed by atoms with Gasteiger partial charge in [-0.05, 0) is 24.3 Å². The first-order valence-corrected chi connectivity index (χ1v) is 7.44. The molecule has 6 nitrogen and oxygen atoms in total. The molecule has 0 atom stereocenters. The number of aromatic nitrogens is 4. The monoisotopic (exact) mass is 318 g/mol. The molecule has 0 aliphatic rings. The fourth-order valence-corrected chi connectivity index (χ4v) is 2.53. The van der Waals surface area contributed by atoms with E-state index in [9.17, 15) is 4.79 Å². The van der Waals surface area contributed by atoms with Crippen molar-refractivity contribution in [2.75, 3.05) is 0 Å². The summed E-state index contributed by atoms with van der Waals surface area (Å²) in [4.78, 5) is 12.1. The van der Waals surface area contributed by atoms with Gasteiger partial charge in [0.15, 0.2) is 11.5 Å². The molecular formula is C18H14N4O2. The zero-order chi connectivity index (χ0) is 16.5. The number of hydrogen-bond donors (Lipinski definition) is 1. The maximum absolute atomic E-state index is 12.1. The van der Waals surface area contributed by atoms with Crippen LogP contribution >= 0.6 is 0 Å². The third-order valence-electron chi connectivity index (χ3n) is 3.74. The number of carbonyl (C=O) groups is 1. The lowest BCUT2D eigenvalue weighted by molar-refractivity contribution is 0.104. The first kappa shape index (κ1) is 14.2. The van der Waals surface area contributed by atoms with Crippen LogP contribution in [-0.2, 0) is 7.05 Å². The van der Waals surface area contributed by atoms with Gasteiger partial charge in [0, 0.05) is 24.2 Å². The molecule has 0 spiro atoms. The minimum Gasteiger partial charge on any atom is -0.454 e. The van der Waals surface area contributed by atoms with Crippen molar-refractivity contribution in [3.8, 4) is 11.5 Å². The van der Waals surface area contributed by atoms with Crippen molar-refractivity contribution >= 4 is 22.8 Å². The van der Waals surface area contributed by atoms with Crippen molar-refractivity contribution < 1.29 is 9.21 Å². The third kappa shape index (κ3) is 2.54. The predicted octanol–water partition coefficient (Wildman–Crippen LogP) is 3.45. The van der Waals surface area contributed by atoms with E-state index in [-0.39, 0.29) is 5.78 Å². The number of rotatable bonds is 4. The zero-order valence-corrected chi connectivity index (χ0v) is 12.9. The number of fused-ring (bicyclic) bond motifs is 1. The van der Waals surface area contributed by atoms with Crippen molar-refractivity contribution in [2.24, 2.45) is 7.05 Å². The highest BCUT2D eigenvalue weighted by Gasteiger charge is 2.12. The fourth-order valence-electron chi connectivity index (χ4n) is 2.53. The fraction of sp³-hybridized carbons (Fsp3) is 0.0556. The Kier molecular flexibility index (Phi) is 3.35. The highest BCUT2D eigenvalue weighted by Crippen LogP contribution is 2.29. The lowest BCUT2D eigenvalue weighted by Gasteiger charge is -1.94. The van der Waals surface area contributed by atoms with Crippen LogP contribution in [-0.4, -0.2) is 25.8 Å². The smallest absolute Gasteiger partial charge is 0.189 e. The highest BCUT2D eigenvalue weighted by atomic mass is 16.3. The molecule has 0 saturated carbocycles. The van der Waals surface area contributed by atoms with Crippen LogP contribution in [0.15, 0.2) is 59.4 Å². The second kappa shape index (κ2) is 5.66. The van der Waals surface area contributed by atoms with Gasteiger partial charge >= 0.3 is 0 Å². The van der Waals surface area contributed by atoms with E-state index in [1.165, 1.54) is 6.08 Å². The van der Waals surface area contributed by atoms with Crippen LogP contribution in [0.25, 0.3) is 28.5 Å². The second-order valence-electron chi connectivity index (χ2n) is 5.45. The number of para-hydroxylation sites is 1. The molecule has 4 aromatic rings. The number of ketones is 1. The van der Waals surface area contributed by atoms with Gasteiger partial charge in [-0.2, -0.15) is 10.2 Å². The van der Waals surface area contributed by atoms with Gasteiger partial charge in [-0.1, -0.05) is 18.2 Å². The summed E-state index contributed by atoms with van der Waals surface area (Å²) in [5.74, 6) is 0.571. The van der Waals surface area contributed by atoms with Gasteiger partial charge < -0.3 is 4.42 Å². The van der Waals surface area contributed by atoms with Crippen molar-refractivity contribution in [3.05, 3.63) is 66.1 Å². The van der Waals surface area contributed by atoms with E-state index in [1.807, 2.05) is 30.3 Å². The van der Waals surface area contributed by atoms with Gasteiger partial charge in [-0.25, -0.2) is 0 Å². The summed E-state index contributed by atoms with van der Waals surface area (Å²) in [5, 5.41) is 12.0. The Morgan fingerprint density at radius 1 is 1.29 bits per heavy atom. The van der Waals surface area contributed by atoms with E-state index in [1.54, 1.807) is 36.4 Å². The molecule has 4 rings (SSSR count). The van der Waals surface area contributed by atoms with Gasteiger partial charge in [-0.15, -0.1) is 0 Å². The average Bonchev–Trinajstić information content (AvgIpc) is 3.30. The molecule has 3 aromatic heterocycles. The van der Waals surface area contributed by atoms with Crippen molar-refractivity contribution in [2.45, 2.75) is 0 Å². The number of aryl methyl sites for hydroxylation is 1. The lowest BCUT2D eigenvalue weighted by atomic mass is 10.1. The Labute approximate surface area is 137 Å². The number of nitrogens with zero attached hydrogens (tertiary/aromatic N) is 3. The SMILES string of the molecule is Cn1cc(C(=O)/C=C/c2cn[nH]c2-c2cc3ccccc3o2)cn1. The first-order chi connectivity index (χ1) is 11.7. The lowest BCUT2D eigenvalue weighted by Crippen LogP contribution is -1.91. The molecule has 118 valence electrons. The Bertz CT molecular complexity index is 1020. The standard InChI is InChI=1S/C18H14N4O2/c1-22-11-14(10-20-22)15(23)7-6-13-9-19-21-18(13)17-8-12-4-2-3-5-16(12)24-17/h2-11H,1H3,(H,19,21)/b7-6+. The second-order valence-corrected chi connectivity index (χ2v) is 5.45. The normalized spacial score (nSPS) is 11.5. The molecule has 0 saturated heterocycles. The van der Waals surface area contributed by atoms with E-state index in [0.29, 0.717) is 11.3 Å². The van der Waals surface area contributed by atoms with E-state index in [4.69, 9.17) is 4.42 Å². The summed E-state index contributed by atoms with van der Waals surface area (Å²) in [6.45, 7) is 0. The molecule has 1 N–H and O–H groups in total. The zero-order valence-electron chi connectivity index (χ0n) is 12.9. The average molecular weight is 318 g/mol. The van der Waals surface area contributed by atoms with Crippen molar-refractivity contribution in [3.63, 3.8) is 0 Å². The number of allylic oxidation sites excluding steroid dienone is 1. The number of furan rings is 1. The minimum absolute atomic E-state index is 0.111. The first-order valence-electron chi connectivity index (χ1n) is 7.44. The van der Waals surface area contributed by atoms with Crippen molar-refractivity contribution in [1.29, 1.82) is 0 Å². The highest BCUT2D eigenvalue weighted by molar-refractivity contribution is 6.06. The van der Waals surface area contributed by atoms with Gasteiger partial charge in [-0.3, -0.25) is 14.6 Å². The molecule has 0 bridgehead atoms. The third-order valence-corrected chi connectivity index (χ3v) is 3.74. The number of benzene rings is 1. The van der Waals surface area contributed by atoms with E-state index in [0.717, 1.165) is 22.2 Å². The quantitative estimate of drug-likeness (QED) is 0.462. The Morgan fingerprint density at radius 3 is 2.96 bits per heavy atom. The molecule has 1 aromatic carbocycles. The molecule has 0 fully saturated rings. The Balaban J connectivity index is 1.65. The number of aromatic amines is 1. The van der Waals surface area contributed by atoms with Gasteiger partial charge in [0.25, 0.3) is 0 Å². The van der Waals surface area contributed by atoms with Gasteiger partial charge in [0.1, 0.15) is 11.3 Å². The maximum Gasteiger partial charge on any atom is 0.189 e. The van der Waals surface area contributed by atoms with Crippen LogP contribution in [0.4, 0.5) is 0 Å². The molecule has 0 amide bonds. The molecule has 6 heteroatoms. The van der Waals surface area contributed by atoms with Crippen LogP contribution in [0.3, 0.4) is 0 Å². The largest absolute Gasteiger partial charge is 0.454 e. The minimum atomic E-state index is -0.111. The molecule has 0 aliphatic heterocycles. The van der Waals surface area contributed by atoms with E-state index >= 15 is 0 Å². The summed E-state index contributed by atoms with van der Waals surface area (Å²) in [6, 6.07) is 9.73. The topological polar surface area (TPSA) is 76.7 Å². The number of carbonyl (C=O) groups excluding carboxylic acids is 1.